The minimum Gasteiger partial charge on any atom is -0.478 e. The van der Waals surface area contributed by atoms with Crippen molar-refractivity contribution in [1.82, 2.24) is 10.2 Å². The van der Waals surface area contributed by atoms with E-state index >= 15 is 0 Å². The number of carboxylic acids is 1. The summed E-state index contributed by atoms with van der Waals surface area (Å²) in [6.45, 7) is 2.44. The van der Waals surface area contributed by atoms with Gasteiger partial charge in [0.25, 0.3) is 5.91 Å². The molecule has 2 aliphatic heterocycles. The Balaban J connectivity index is 1.60. The average Bonchev–Trinajstić information content (AvgIpc) is 3.11. The summed E-state index contributed by atoms with van der Waals surface area (Å²) in [5.41, 5.74) is 6.86. The Labute approximate surface area is 201 Å². The number of amides is 2. The summed E-state index contributed by atoms with van der Waals surface area (Å²) >= 11 is 6.08. The largest absolute Gasteiger partial charge is 0.478 e. The SMILES string of the molecule is CCC1=C(Cl)N=C(C(=O)NC2CCN(C(=O)/C=C/c3ccc(C(=O)O)cc3F)C[C@@H]2OC)C1N. The number of aromatic carboxylic acids is 1. The van der Waals surface area contributed by atoms with Gasteiger partial charge in [-0.2, -0.15) is 0 Å². The number of carboxylic acid groups (broad SMARTS) is 1. The third-order valence-corrected chi connectivity index (χ3v) is 6.24. The van der Waals surface area contributed by atoms with E-state index in [1.54, 1.807) is 0 Å². The molecular formula is C23H26ClFN4O5. The molecule has 0 saturated carbocycles. The summed E-state index contributed by atoms with van der Waals surface area (Å²) in [5, 5.41) is 12.0. The molecule has 1 saturated heterocycles. The van der Waals surface area contributed by atoms with Gasteiger partial charge in [-0.15, -0.1) is 0 Å². The monoisotopic (exact) mass is 492 g/mol. The zero-order valence-corrected chi connectivity index (χ0v) is 19.5. The number of carbonyl (C=O) groups is 3. The second-order valence-electron chi connectivity index (χ2n) is 7.95. The zero-order valence-electron chi connectivity index (χ0n) is 18.8. The van der Waals surface area contributed by atoms with Crippen LogP contribution in [0.5, 0.6) is 0 Å². The minimum absolute atomic E-state index is 0.0937. The summed E-state index contributed by atoms with van der Waals surface area (Å²) in [4.78, 5) is 41.9. The maximum absolute atomic E-state index is 14.1. The first-order chi connectivity index (χ1) is 16.2. The van der Waals surface area contributed by atoms with Crippen molar-refractivity contribution < 1.29 is 28.6 Å². The molecular weight excluding hydrogens is 467 g/mol. The Morgan fingerprint density at radius 2 is 2.15 bits per heavy atom. The van der Waals surface area contributed by atoms with Crippen LogP contribution in [-0.2, 0) is 14.3 Å². The van der Waals surface area contributed by atoms with E-state index in [1.807, 2.05) is 6.92 Å². The van der Waals surface area contributed by atoms with Crippen LogP contribution in [0, 0.1) is 5.82 Å². The van der Waals surface area contributed by atoms with Crippen molar-refractivity contribution in [3.05, 3.63) is 51.9 Å². The average molecular weight is 493 g/mol. The van der Waals surface area contributed by atoms with Crippen molar-refractivity contribution in [2.24, 2.45) is 10.7 Å². The van der Waals surface area contributed by atoms with Crippen LogP contribution in [0.3, 0.4) is 0 Å². The Morgan fingerprint density at radius 1 is 1.41 bits per heavy atom. The van der Waals surface area contributed by atoms with E-state index in [4.69, 9.17) is 27.2 Å². The van der Waals surface area contributed by atoms with Crippen LogP contribution in [0.15, 0.2) is 40.0 Å². The van der Waals surface area contributed by atoms with Gasteiger partial charge in [-0.1, -0.05) is 24.6 Å². The number of carbonyl (C=O) groups excluding carboxylic acids is 2. The van der Waals surface area contributed by atoms with E-state index in [0.717, 1.165) is 6.07 Å². The molecule has 3 atom stereocenters. The lowest BCUT2D eigenvalue weighted by molar-refractivity contribution is -0.130. The number of ether oxygens (including phenoxy) is 1. The number of rotatable bonds is 7. The molecule has 3 rings (SSSR count). The number of piperidine rings is 1. The van der Waals surface area contributed by atoms with Gasteiger partial charge in [-0.05, 0) is 36.6 Å². The predicted molar refractivity (Wildman–Crippen MR) is 125 cm³/mol. The molecule has 34 heavy (non-hydrogen) atoms. The van der Waals surface area contributed by atoms with E-state index in [2.05, 4.69) is 10.3 Å². The Bertz CT molecular complexity index is 1090. The molecule has 1 aromatic carbocycles. The van der Waals surface area contributed by atoms with Gasteiger partial charge < -0.3 is 25.8 Å². The first kappa shape index (κ1) is 25.5. The fraction of sp³-hybridized carbons (Fsp3) is 0.391. The van der Waals surface area contributed by atoms with Crippen LogP contribution in [0.25, 0.3) is 6.08 Å². The molecule has 4 N–H and O–H groups in total. The van der Waals surface area contributed by atoms with Crippen molar-refractivity contribution in [3.63, 3.8) is 0 Å². The normalized spacial score (nSPS) is 22.8. The minimum atomic E-state index is -1.24. The number of benzene rings is 1. The number of nitrogens with one attached hydrogen (secondary N) is 1. The zero-order chi connectivity index (χ0) is 25.0. The van der Waals surface area contributed by atoms with E-state index in [0.29, 0.717) is 25.0 Å². The molecule has 9 nitrogen and oxygen atoms in total. The molecule has 0 aliphatic carbocycles. The highest BCUT2D eigenvalue weighted by molar-refractivity contribution is 6.45. The lowest BCUT2D eigenvalue weighted by Gasteiger charge is -2.37. The highest BCUT2D eigenvalue weighted by Gasteiger charge is 2.35. The number of nitrogens with zero attached hydrogens (tertiary/aromatic N) is 2. The summed E-state index contributed by atoms with van der Waals surface area (Å²) < 4.78 is 19.6. The molecule has 2 unspecified atom stereocenters. The molecule has 0 radical (unpaired) electrons. The number of halogens is 2. The number of nitrogens with two attached hydrogens (primary N) is 1. The Hall–Kier alpha value is -3.08. The molecule has 1 aromatic rings. The van der Waals surface area contributed by atoms with E-state index in [1.165, 1.54) is 36.3 Å². The van der Waals surface area contributed by atoms with Gasteiger partial charge in [0, 0.05) is 31.8 Å². The molecule has 182 valence electrons. The third kappa shape index (κ3) is 5.52. The lowest BCUT2D eigenvalue weighted by Crippen LogP contribution is -2.57. The van der Waals surface area contributed by atoms with E-state index in [9.17, 15) is 18.8 Å². The van der Waals surface area contributed by atoms with Crippen molar-refractivity contribution in [3.8, 4) is 0 Å². The Morgan fingerprint density at radius 3 is 2.74 bits per heavy atom. The van der Waals surface area contributed by atoms with Gasteiger partial charge in [0.15, 0.2) is 0 Å². The van der Waals surface area contributed by atoms with Crippen LogP contribution >= 0.6 is 11.6 Å². The van der Waals surface area contributed by atoms with Gasteiger partial charge in [0.2, 0.25) is 5.91 Å². The number of methoxy groups -OCH3 is 1. The van der Waals surface area contributed by atoms with Crippen LogP contribution in [-0.4, -0.2) is 71.9 Å². The number of likely N-dealkylation sites (tertiary alicyclic amines) is 1. The molecule has 2 heterocycles. The highest BCUT2D eigenvalue weighted by atomic mass is 35.5. The van der Waals surface area contributed by atoms with E-state index < -0.39 is 29.8 Å². The predicted octanol–water partition coefficient (Wildman–Crippen LogP) is 1.91. The van der Waals surface area contributed by atoms with Crippen molar-refractivity contribution in [2.75, 3.05) is 20.2 Å². The fourth-order valence-electron chi connectivity index (χ4n) is 3.92. The second kappa shape index (κ2) is 10.9. The fourth-order valence-corrected chi connectivity index (χ4v) is 4.27. The highest BCUT2D eigenvalue weighted by Crippen LogP contribution is 2.25. The van der Waals surface area contributed by atoms with Crippen LogP contribution in [0.1, 0.15) is 35.7 Å². The maximum atomic E-state index is 14.1. The van der Waals surface area contributed by atoms with Gasteiger partial charge >= 0.3 is 5.97 Å². The molecule has 1 fully saturated rings. The van der Waals surface area contributed by atoms with Gasteiger partial charge in [0.05, 0.1) is 23.8 Å². The van der Waals surface area contributed by atoms with Crippen LogP contribution < -0.4 is 11.1 Å². The third-order valence-electron chi connectivity index (χ3n) is 5.91. The topological polar surface area (TPSA) is 134 Å². The van der Waals surface area contributed by atoms with Gasteiger partial charge in [-0.25, -0.2) is 14.2 Å². The molecule has 11 heteroatoms. The summed E-state index contributed by atoms with van der Waals surface area (Å²) in [5.74, 6) is -2.77. The lowest BCUT2D eigenvalue weighted by atomic mass is 9.99. The van der Waals surface area contributed by atoms with Crippen LogP contribution in [0.4, 0.5) is 4.39 Å². The van der Waals surface area contributed by atoms with Gasteiger partial charge in [0.1, 0.15) is 16.7 Å². The first-order valence-electron chi connectivity index (χ1n) is 10.7. The molecule has 0 aromatic heterocycles. The number of hydrogen-bond donors (Lipinski definition) is 3. The second-order valence-corrected chi connectivity index (χ2v) is 8.30. The summed E-state index contributed by atoms with van der Waals surface area (Å²) in [7, 11) is 1.49. The molecule has 0 spiro atoms. The van der Waals surface area contributed by atoms with Crippen molar-refractivity contribution in [2.45, 2.75) is 38.0 Å². The van der Waals surface area contributed by atoms with Crippen molar-refractivity contribution >= 4 is 41.2 Å². The van der Waals surface area contributed by atoms with Gasteiger partial charge in [-0.3, -0.25) is 9.59 Å². The molecule has 0 bridgehead atoms. The molecule has 2 aliphatic rings. The van der Waals surface area contributed by atoms with Crippen molar-refractivity contribution in [1.29, 1.82) is 0 Å². The quantitative estimate of drug-likeness (QED) is 0.393. The molecule has 2 amide bonds. The standard InChI is InChI=1S/C23H26ClFN4O5/c1-3-14-19(26)20(28-21(14)24)22(31)27-16-8-9-29(11-17(16)34-2)18(30)7-6-12-4-5-13(23(32)33)10-15(12)25/h4-7,10,16-17,19H,3,8-9,11,26H2,1-2H3,(H,27,31)(H,32,33)/b7-6+/t16?,17-,19?/m0/s1. The number of hydrogen-bond acceptors (Lipinski definition) is 6. The number of aliphatic imine (C=N–C) groups is 1. The maximum Gasteiger partial charge on any atom is 0.335 e. The van der Waals surface area contributed by atoms with Crippen LogP contribution in [0.2, 0.25) is 0 Å². The summed E-state index contributed by atoms with van der Waals surface area (Å²) in [6.07, 6.45) is 3.05. The smallest absolute Gasteiger partial charge is 0.335 e. The Kier molecular flexibility index (Phi) is 8.19. The van der Waals surface area contributed by atoms with E-state index in [-0.39, 0.29) is 40.5 Å². The summed E-state index contributed by atoms with van der Waals surface area (Å²) in [6, 6.07) is 2.43. The first-order valence-corrected chi connectivity index (χ1v) is 11.1.